The summed E-state index contributed by atoms with van der Waals surface area (Å²) < 4.78 is 8.83. The summed E-state index contributed by atoms with van der Waals surface area (Å²) in [4.78, 5) is 0. The van der Waals surface area contributed by atoms with Gasteiger partial charge in [-0.1, -0.05) is 84.9 Å². The number of furan rings is 1. The van der Waals surface area contributed by atoms with Gasteiger partial charge in [-0.25, -0.2) is 0 Å². The van der Waals surface area contributed by atoms with E-state index in [-0.39, 0.29) is 0 Å². The number of aromatic nitrogens is 1. The average molecular weight is 458 g/mol. The quantitative estimate of drug-likeness (QED) is 0.207. The van der Waals surface area contributed by atoms with E-state index in [1.807, 2.05) is 6.07 Å². The fraction of sp³-hybridized carbons (Fsp3) is 0. The zero-order valence-electron chi connectivity index (χ0n) is 19.3. The van der Waals surface area contributed by atoms with Gasteiger partial charge in [0, 0.05) is 32.3 Å². The number of nitrogens with zero attached hydrogens (tertiary/aromatic N) is 1. The zero-order valence-corrected chi connectivity index (χ0v) is 19.3. The molecule has 0 spiro atoms. The van der Waals surface area contributed by atoms with Crippen LogP contribution >= 0.6 is 0 Å². The summed E-state index contributed by atoms with van der Waals surface area (Å²) in [6, 6.07) is 41.6. The maximum absolute atomic E-state index is 6.38. The van der Waals surface area contributed by atoms with Gasteiger partial charge in [-0.15, -0.1) is 0 Å². The van der Waals surface area contributed by atoms with E-state index in [2.05, 4.69) is 114 Å². The van der Waals surface area contributed by atoms with Gasteiger partial charge < -0.3 is 8.82 Å². The third-order valence-corrected chi connectivity index (χ3v) is 7.91. The number of hydrogen-bond donors (Lipinski definition) is 0. The molecule has 0 saturated heterocycles. The minimum absolute atomic E-state index is 0.927. The topological polar surface area (TPSA) is 17.6 Å². The summed E-state index contributed by atoms with van der Waals surface area (Å²) in [5.74, 6) is 0. The van der Waals surface area contributed by atoms with Crippen molar-refractivity contribution in [1.29, 1.82) is 0 Å². The first kappa shape index (κ1) is 18.5. The van der Waals surface area contributed by atoms with Gasteiger partial charge >= 0.3 is 0 Å². The summed E-state index contributed by atoms with van der Waals surface area (Å²) in [6.45, 7) is 0. The van der Waals surface area contributed by atoms with Crippen molar-refractivity contribution in [2.75, 3.05) is 0 Å². The molecule has 0 fully saturated rings. The standard InChI is InChI=1S/C34H19NO/c1-7-15-28-20(9-1)17-30-34-25-14-5-3-11-22(25)21-10-2-4-13-24(21)33(34)27-19-32-26(18-29(27)35(28)30)23-12-6-8-16-31(23)36-32/h1-19H. The smallest absolute Gasteiger partial charge is 0.136 e. The Kier molecular flexibility index (Phi) is 3.31. The van der Waals surface area contributed by atoms with E-state index < -0.39 is 0 Å². The van der Waals surface area contributed by atoms with E-state index in [9.17, 15) is 0 Å². The molecule has 2 heteroatoms. The number of fused-ring (bicyclic) bond motifs is 16. The van der Waals surface area contributed by atoms with Crippen molar-refractivity contribution in [2.45, 2.75) is 0 Å². The van der Waals surface area contributed by atoms with E-state index in [1.54, 1.807) is 0 Å². The van der Waals surface area contributed by atoms with Crippen LogP contribution < -0.4 is 0 Å². The molecule has 3 aromatic heterocycles. The van der Waals surface area contributed by atoms with Crippen LogP contribution in [0.5, 0.6) is 0 Å². The molecule has 0 N–H and O–H groups in total. The fourth-order valence-electron chi connectivity index (χ4n) is 6.43. The highest BCUT2D eigenvalue weighted by molar-refractivity contribution is 6.36. The van der Waals surface area contributed by atoms with Gasteiger partial charge in [-0.05, 0) is 51.9 Å². The average Bonchev–Trinajstić information content (AvgIpc) is 3.50. The van der Waals surface area contributed by atoms with Gasteiger partial charge in [0.1, 0.15) is 11.2 Å². The monoisotopic (exact) mass is 457 g/mol. The zero-order chi connectivity index (χ0) is 23.4. The van der Waals surface area contributed by atoms with Crippen LogP contribution in [-0.2, 0) is 0 Å². The van der Waals surface area contributed by atoms with Crippen molar-refractivity contribution >= 4 is 81.6 Å². The van der Waals surface area contributed by atoms with Gasteiger partial charge in [-0.2, -0.15) is 0 Å². The van der Waals surface area contributed by atoms with Gasteiger partial charge in [0.25, 0.3) is 0 Å². The summed E-state index contributed by atoms with van der Waals surface area (Å²) in [5, 5.41) is 12.5. The molecule has 3 heterocycles. The molecule has 166 valence electrons. The summed E-state index contributed by atoms with van der Waals surface area (Å²) in [5.41, 5.74) is 5.53. The molecular weight excluding hydrogens is 438 g/mol. The number of hydrogen-bond acceptors (Lipinski definition) is 1. The minimum Gasteiger partial charge on any atom is -0.456 e. The highest BCUT2D eigenvalue weighted by Crippen LogP contribution is 2.44. The Morgan fingerprint density at radius 2 is 1.03 bits per heavy atom. The van der Waals surface area contributed by atoms with Crippen molar-refractivity contribution in [3.05, 3.63) is 115 Å². The van der Waals surface area contributed by atoms with Gasteiger partial charge in [0.05, 0.1) is 16.6 Å². The predicted molar refractivity (Wildman–Crippen MR) is 152 cm³/mol. The van der Waals surface area contributed by atoms with Gasteiger partial charge in [-0.3, -0.25) is 0 Å². The maximum Gasteiger partial charge on any atom is 0.136 e. The molecular formula is C34H19NO. The van der Waals surface area contributed by atoms with E-state index in [1.165, 1.54) is 59.6 Å². The molecule has 0 unspecified atom stereocenters. The number of pyridine rings is 1. The van der Waals surface area contributed by atoms with E-state index in [4.69, 9.17) is 4.42 Å². The first-order valence-corrected chi connectivity index (χ1v) is 12.4. The Hall–Kier alpha value is -4.82. The largest absolute Gasteiger partial charge is 0.456 e. The normalized spacial score (nSPS) is 12.4. The molecule has 36 heavy (non-hydrogen) atoms. The van der Waals surface area contributed by atoms with Gasteiger partial charge in [0.2, 0.25) is 0 Å². The molecule has 0 atom stereocenters. The van der Waals surface area contributed by atoms with Crippen LogP contribution in [0.25, 0.3) is 81.6 Å². The Morgan fingerprint density at radius 1 is 0.389 bits per heavy atom. The highest BCUT2D eigenvalue weighted by atomic mass is 16.3. The van der Waals surface area contributed by atoms with Crippen LogP contribution in [0.1, 0.15) is 0 Å². The first-order chi connectivity index (χ1) is 17.9. The second-order valence-electron chi connectivity index (χ2n) is 9.73. The van der Waals surface area contributed by atoms with Crippen molar-refractivity contribution in [3.8, 4) is 0 Å². The first-order valence-electron chi connectivity index (χ1n) is 12.4. The lowest BCUT2D eigenvalue weighted by molar-refractivity contribution is 0.669. The summed E-state index contributed by atoms with van der Waals surface area (Å²) in [6.07, 6.45) is 0. The molecule has 0 radical (unpaired) electrons. The lowest BCUT2D eigenvalue weighted by Crippen LogP contribution is -1.93. The fourth-order valence-corrected chi connectivity index (χ4v) is 6.43. The second kappa shape index (κ2) is 6.44. The molecule has 0 aliphatic heterocycles. The van der Waals surface area contributed by atoms with Crippen molar-refractivity contribution in [1.82, 2.24) is 4.40 Å². The van der Waals surface area contributed by atoms with E-state index >= 15 is 0 Å². The van der Waals surface area contributed by atoms with E-state index in [0.717, 1.165) is 21.9 Å². The molecule has 2 nitrogen and oxygen atoms in total. The molecule has 0 saturated carbocycles. The Morgan fingerprint density at radius 3 is 1.83 bits per heavy atom. The second-order valence-corrected chi connectivity index (χ2v) is 9.73. The molecule has 0 bridgehead atoms. The van der Waals surface area contributed by atoms with Crippen LogP contribution in [-0.4, -0.2) is 4.40 Å². The van der Waals surface area contributed by atoms with Gasteiger partial charge in [0.15, 0.2) is 0 Å². The van der Waals surface area contributed by atoms with Crippen LogP contribution in [0.15, 0.2) is 120 Å². The SMILES string of the molecule is c1ccc2c(c1)cc1c3c4ccccc4c4ccccc4c3c3cc4oc5ccccc5c4cc3n21. The Balaban J connectivity index is 1.70. The van der Waals surface area contributed by atoms with Crippen molar-refractivity contribution in [3.63, 3.8) is 0 Å². The summed E-state index contributed by atoms with van der Waals surface area (Å²) >= 11 is 0. The Bertz CT molecular complexity index is 2370. The molecule has 9 aromatic rings. The van der Waals surface area contributed by atoms with Crippen LogP contribution in [0.2, 0.25) is 0 Å². The third-order valence-electron chi connectivity index (χ3n) is 7.91. The molecule has 9 rings (SSSR count). The maximum atomic E-state index is 6.38. The highest BCUT2D eigenvalue weighted by Gasteiger charge is 2.19. The van der Waals surface area contributed by atoms with Crippen molar-refractivity contribution in [2.24, 2.45) is 0 Å². The molecule has 0 aliphatic carbocycles. The number of benzene rings is 6. The van der Waals surface area contributed by atoms with E-state index in [0.29, 0.717) is 0 Å². The third kappa shape index (κ3) is 2.18. The Labute approximate surface area is 205 Å². The number of rotatable bonds is 0. The molecule has 6 aromatic carbocycles. The van der Waals surface area contributed by atoms with Crippen LogP contribution in [0.4, 0.5) is 0 Å². The lowest BCUT2D eigenvalue weighted by Gasteiger charge is -2.16. The lowest BCUT2D eigenvalue weighted by atomic mass is 9.91. The molecule has 0 aliphatic rings. The van der Waals surface area contributed by atoms with Crippen molar-refractivity contribution < 1.29 is 4.42 Å². The predicted octanol–water partition coefficient (Wildman–Crippen LogP) is 9.60. The summed E-state index contributed by atoms with van der Waals surface area (Å²) in [7, 11) is 0. The van der Waals surface area contributed by atoms with Crippen LogP contribution in [0.3, 0.4) is 0 Å². The van der Waals surface area contributed by atoms with Crippen LogP contribution in [0, 0.1) is 0 Å². The number of para-hydroxylation sites is 2. The minimum atomic E-state index is 0.927. The molecule has 0 amide bonds.